The molecule has 0 aliphatic carbocycles. The van der Waals surface area contributed by atoms with Gasteiger partial charge < -0.3 is 9.47 Å². The molecule has 110 valence electrons. The second-order valence-corrected chi connectivity index (χ2v) is 6.86. The van der Waals surface area contributed by atoms with Gasteiger partial charge in [-0.25, -0.2) is 0 Å². The van der Waals surface area contributed by atoms with E-state index in [1.165, 1.54) is 0 Å². The van der Waals surface area contributed by atoms with Crippen LogP contribution < -0.4 is 9.47 Å². The van der Waals surface area contributed by atoms with Crippen LogP contribution in [0.15, 0.2) is 72.8 Å². The molecule has 0 fully saturated rings. The molecule has 0 amide bonds. The number of hydrogen-bond acceptors (Lipinski definition) is 2. The molecule has 0 radical (unpaired) electrons. The van der Waals surface area contributed by atoms with Crippen molar-refractivity contribution in [2.75, 3.05) is 0 Å². The molecule has 0 N–H and O–H groups in total. The minimum atomic E-state index is 0.757. The first-order chi connectivity index (χ1) is 10.7. The van der Waals surface area contributed by atoms with E-state index in [9.17, 15) is 0 Å². The van der Waals surface area contributed by atoms with Crippen molar-refractivity contribution in [1.82, 2.24) is 0 Å². The number of ether oxygens (including phenoxy) is 2. The highest BCUT2D eigenvalue weighted by molar-refractivity contribution is 14.1. The summed E-state index contributed by atoms with van der Waals surface area (Å²) in [5.41, 5.74) is 0. The van der Waals surface area contributed by atoms with Crippen molar-refractivity contribution in [2.45, 2.75) is 0 Å². The topological polar surface area (TPSA) is 18.5 Å². The van der Waals surface area contributed by atoms with Gasteiger partial charge in [-0.2, -0.15) is 0 Å². The molecule has 0 aromatic heterocycles. The Bertz CT molecular complexity index is 725. The third-order valence-corrected chi connectivity index (χ3v) is 4.72. The van der Waals surface area contributed by atoms with E-state index in [-0.39, 0.29) is 0 Å². The Balaban J connectivity index is 1.81. The van der Waals surface area contributed by atoms with E-state index in [0.717, 1.165) is 30.1 Å². The minimum Gasteiger partial charge on any atom is -0.456 e. The minimum absolute atomic E-state index is 0.757. The number of benzene rings is 3. The Morgan fingerprint density at radius 3 is 1.45 bits per heavy atom. The van der Waals surface area contributed by atoms with E-state index in [1.807, 2.05) is 72.8 Å². The van der Waals surface area contributed by atoms with Gasteiger partial charge in [0, 0.05) is 6.07 Å². The van der Waals surface area contributed by atoms with E-state index in [0.29, 0.717) is 0 Å². The van der Waals surface area contributed by atoms with E-state index >= 15 is 0 Å². The molecule has 2 nitrogen and oxygen atoms in total. The fourth-order valence-corrected chi connectivity index (χ4v) is 2.91. The van der Waals surface area contributed by atoms with Crippen molar-refractivity contribution >= 4 is 45.2 Å². The smallest absolute Gasteiger partial charge is 0.140 e. The van der Waals surface area contributed by atoms with Gasteiger partial charge in [-0.15, -0.1) is 0 Å². The summed E-state index contributed by atoms with van der Waals surface area (Å²) in [6.07, 6.45) is 0. The summed E-state index contributed by atoms with van der Waals surface area (Å²) in [4.78, 5) is 0. The first-order valence-electron chi connectivity index (χ1n) is 6.67. The molecule has 0 saturated heterocycles. The maximum atomic E-state index is 5.93. The lowest BCUT2D eigenvalue weighted by Crippen LogP contribution is -1.89. The van der Waals surface area contributed by atoms with Crippen LogP contribution in [-0.4, -0.2) is 0 Å². The summed E-state index contributed by atoms with van der Waals surface area (Å²) in [7, 11) is 0. The van der Waals surface area contributed by atoms with Crippen molar-refractivity contribution in [3.63, 3.8) is 0 Å². The normalized spacial score (nSPS) is 10.3. The maximum Gasteiger partial charge on any atom is 0.140 e. The molecule has 0 heterocycles. The molecular weight excluding hydrogens is 502 g/mol. The SMILES string of the molecule is Ic1ccccc1Oc1cccc(Oc2ccccc2I)c1. The first kappa shape index (κ1) is 15.6. The van der Waals surface area contributed by atoms with Crippen LogP contribution in [0.5, 0.6) is 23.0 Å². The van der Waals surface area contributed by atoms with Crippen molar-refractivity contribution in [1.29, 1.82) is 0 Å². The summed E-state index contributed by atoms with van der Waals surface area (Å²) in [5, 5.41) is 0. The second kappa shape index (κ2) is 7.32. The second-order valence-electron chi connectivity index (χ2n) is 4.54. The highest BCUT2D eigenvalue weighted by atomic mass is 127. The predicted molar refractivity (Wildman–Crippen MR) is 105 cm³/mol. The molecule has 0 saturated carbocycles. The van der Waals surface area contributed by atoms with Gasteiger partial charge in [-0.1, -0.05) is 30.3 Å². The summed E-state index contributed by atoms with van der Waals surface area (Å²) in [6.45, 7) is 0. The molecule has 0 atom stereocenters. The summed E-state index contributed by atoms with van der Waals surface area (Å²) < 4.78 is 14.0. The third-order valence-electron chi connectivity index (χ3n) is 2.93. The van der Waals surface area contributed by atoms with Crippen LogP contribution in [-0.2, 0) is 0 Å². The fraction of sp³-hybridized carbons (Fsp3) is 0. The maximum absolute atomic E-state index is 5.93. The highest BCUT2D eigenvalue weighted by Crippen LogP contribution is 2.31. The van der Waals surface area contributed by atoms with E-state index < -0.39 is 0 Å². The van der Waals surface area contributed by atoms with Gasteiger partial charge in [0.1, 0.15) is 23.0 Å². The molecule has 3 rings (SSSR count). The van der Waals surface area contributed by atoms with Crippen LogP contribution in [0.4, 0.5) is 0 Å². The van der Waals surface area contributed by atoms with E-state index in [4.69, 9.17) is 9.47 Å². The molecular formula is C18H12I2O2. The monoisotopic (exact) mass is 514 g/mol. The Hall–Kier alpha value is -1.28. The molecule has 0 spiro atoms. The zero-order valence-electron chi connectivity index (χ0n) is 11.5. The van der Waals surface area contributed by atoms with Gasteiger partial charge >= 0.3 is 0 Å². The van der Waals surface area contributed by atoms with Crippen LogP contribution >= 0.6 is 45.2 Å². The highest BCUT2D eigenvalue weighted by Gasteiger charge is 2.05. The largest absolute Gasteiger partial charge is 0.456 e. The van der Waals surface area contributed by atoms with Crippen LogP contribution in [0.1, 0.15) is 0 Å². The van der Waals surface area contributed by atoms with Gasteiger partial charge in [0.15, 0.2) is 0 Å². The average molecular weight is 514 g/mol. The van der Waals surface area contributed by atoms with Crippen LogP contribution in [0.3, 0.4) is 0 Å². The molecule has 3 aromatic carbocycles. The molecule has 0 aliphatic rings. The Kier molecular flexibility index (Phi) is 5.20. The van der Waals surface area contributed by atoms with Crippen LogP contribution in [0, 0.1) is 7.14 Å². The van der Waals surface area contributed by atoms with Crippen molar-refractivity contribution < 1.29 is 9.47 Å². The fourth-order valence-electron chi connectivity index (χ4n) is 1.91. The Morgan fingerprint density at radius 2 is 1.00 bits per heavy atom. The molecule has 0 aliphatic heterocycles. The lowest BCUT2D eigenvalue weighted by atomic mass is 10.3. The zero-order chi connectivity index (χ0) is 15.4. The summed E-state index contributed by atoms with van der Waals surface area (Å²) >= 11 is 4.52. The molecule has 0 bridgehead atoms. The number of hydrogen-bond donors (Lipinski definition) is 0. The standard InChI is InChI=1S/C18H12I2O2/c19-15-8-1-3-10-17(15)21-13-6-5-7-14(12-13)22-18-11-4-2-9-16(18)20/h1-12H. The quantitative estimate of drug-likeness (QED) is 0.372. The van der Waals surface area contributed by atoms with Crippen molar-refractivity contribution in [3.05, 3.63) is 79.9 Å². The summed E-state index contributed by atoms with van der Waals surface area (Å²) in [5.74, 6) is 3.20. The number of halogens is 2. The van der Waals surface area contributed by atoms with E-state index in [1.54, 1.807) is 0 Å². The molecule has 3 aromatic rings. The predicted octanol–water partition coefficient (Wildman–Crippen LogP) is 6.48. The molecule has 0 unspecified atom stereocenters. The van der Waals surface area contributed by atoms with Crippen LogP contribution in [0.2, 0.25) is 0 Å². The van der Waals surface area contributed by atoms with Crippen LogP contribution in [0.25, 0.3) is 0 Å². The summed E-state index contributed by atoms with van der Waals surface area (Å²) in [6, 6.07) is 23.5. The zero-order valence-corrected chi connectivity index (χ0v) is 15.8. The number of para-hydroxylation sites is 2. The van der Waals surface area contributed by atoms with Gasteiger partial charge in [-0.3, -0.25) is 0 Å². The van der Waals surface area contributed by atoms with Crippen molar-refractivity contribution in [2.24, 2.45) is 0 Å². The lowest BCUT2D eigenvalue weighted by molar-refractivity contribution is 0.457. The van der Waals surface area contributed by atoms with Gasteiger partial charge in [0.25, 0.3) is 0 Å². The molecule has 22 heavy (non-hydrogen) atoms. The van der Waals surface area contributed by atoms with E-state index in [2.05, 4.69) is 45.2 Å². The molecule has 4 heteroatoms. The Labute approximate surface area is 156 Å². The van der Waals surface area contributed by atoms with Gasteiger partial charge in [-0.05, 0) is 81.6 Å². The number of rotatable bonds is 4. The average Bonchev–Trinajstić information content (AvgIpc) is 2.52. The Morgan fingerprint density at radius 1 is 0.545 bits per heavy atom. The van der Waals surface area contributed by atoms with Gasteiger partial charge in [0.05, 0.1) is 7.14 Å². The van der Waals surface area contributed by atoms with Gasteiger partial charge in [0.2, 0.25) is 0 Å². The van der Waals surface area contributed by atoms with Crippen molar-refractivity contribution in [3.8, 4) is 23.0 Å². The third kappa shape index (κ3) is 3.92. The first-order valence-corrected chi connectivity index (χ1v) is 8.83. The lowest BCUT2D eigenvalue weighted by Gasteiger charge is -2.11.